The van der Waals surface area contributed by atoms with Crippen molar-refractivity contribution >= 4 is 34.2 Å². The maximum absolute atomic E-state index is 14.1. The second-order valence-electron chi connectivity index (χ2n) is 6.65. The van der Waals surface area contributed by atoms with Crippen molar-refractivity contribution in [1.29, 1.82) is 5.26 Å². The number of aryl methyl sites for hydroxylation is 1. The van der Waals surface area contributed by atoms with E-state index in [-0.39, 0.29) is 11.3 Å². The van der Waals surface area contributed by atoms with Crippen molar-refractivity contribution in [2.45, 2.75) is 23.6 Å². The number of benzene rings is 2. The predicted molar refractivity (Wildman–Crippen MR) is 122 cm³/mol. The molecule has 1 unspecified atom stereocenters. The molecule has 0 bridgehead atoms. The minimum atomic E-state index is -1.39. The van der Waals surface area contributed by atoms with Gasteiger partial charge in [0.25, 0.3) is 5.56 Å². The zero-order chi connectivity index (χ0) is 21.7. The smallest absolute Gasteiger partial charge is 0.257 e. The Morgan fingerprint density at radius 2 is 1.97 bits per heavy atom. The van der Waals surface area contributed by atoms with Gasteiger partial charge in [-0.1, -0.05) is 23.7 Å². The van der Waals surface area contributed by atoms with Gasteiger partial charge in [0, 0.05) is 10.6 Å². The fourth-order valence-electron chi connectivity index (χ4n) is 3.14. The van der Waals surface area contributed by atoms with Crippen LogP contribution in [0.25, 0.3) is 0 Å². The molecule has 1 heterocycles. The molecule has 2 aromatic carbocycles. The molecule has 3 aromatic rings. The van der Waals surface area contributed by atoms with Gasteiger partial charge < -0.3 is 4.74 Å². The molecule has 154 valence electrons. The lowest BCUT2D eigenvalue weighted by Crippen LogP contribution is -2.27. The Morgan fingerprint density at radius 3 is 2.60 bits per heavy atom. The average Bonchev–Trinajstić information content (AvgIpc) is 2.74. The highest BCUT2D eigenvalue weighted by atomic mass is 127. The summed E-state index contributed by atoms with van der Waals surface area (Å²) in [5.74, 6) is 0.726. The van der Waals surface area contributed by atoms with Gasteiger partial charge in [-0.15, -0.1) is 0 Å². The van der Waals surface area contributed by atoms with Gasteiger partial charge in [-0.2, -0.15) is 5.26 Å². The number of aromatic nitrogens is 2. The molecule has 8 heteroatoms. The lowest BCUT2D eigenvalue weighted by atomic mass is 10.0. The highest BCUT2D eigenvalue weighted by Crippen LogP contribution is 2.25. The summed E-state index contributed by atoms with van der Waals surface area (Å²) in [6.07, 6.45) is 2.11. The van der Waals surface area contributed by atoms with Crippen LogP contribution in [0.1, 0.15) is 32.1 Å². The van der Waals surface area contributed by atoms with Crippen molar-refractivity contribution in [1.82, 2.24) is 9.55 Å². The van der Waals surface area contributed by atoms with Gasteiger partial charge >= 0.3 is 0 Å². The Bertz CT molecular complexity index is 1140. The number of rotatable bonds is 7. The summed E-state index contributed by atoms with van der Waals surface area (Å²) in [4.78, 5) is 17.3. The molecule has 0 aliphatic rings. The number of ether oxygens (including phenoxy) is 1. The molecule has 0 radical (unpaired) electrons. The van der Waals surface area contributed by atoms with E-state index in [0.29, 0.717) is 35.5 Å². The van der Waals surface area contributed by atoms with E-state index in [2.05, 4.69) is 11.1 Å². The quantitative estimate of drug-likeness (QED) is 0.314. The number of hydrogen-bond acceptors (Lipinski definition) is 4. The molecule has 0 N–H and O–H groups in total. The van der Waals surface area contributed by atoms with E-state index < -0.39 is 4.18 Å². The predicted octanol–water partition coefficient (Wildman–Crippen LogP) is 5.01. The van der Waals surface area contributed by atoms with Gasteiger partial charge in [-0.3, -0.25) is 9.36 Å². The van der Waals surface area contributed by atoms with E-state index in [1.165, 1.54) is 10.9 Å². The lowest BCUT2D eigenvalue weighted by Gasteiger charge is -2.13. The third-order valence-corrected chi connectivity index (χ3v) is 5.44. The normalized spacial score (nSPS) is 11.7. The topological polar surface area (TPSA) is 67.9 Å². The second-order valence-corrected chi connectivity index (χ2v) is 8.18. The van der Waals surface area contributed by atoms with Gasteiger partial charge in [0.15, 0.2) is 4.18 Å². The van der Waals surface area contributed by atoms with Crippen LogP contribution in [0.3, 0.4) is 0 Å². The highest BCUT2D eigenvalue weighted by molar-refractivity contribution is 14.1. The number of nitriles is 1. The van der Waals surface area contributed by atoms with Gasteiger partial charge in [-0.25, -0.2) is 9.37 Å². The Morgan fingerprint density at radius 1 is 1.23 bits per heavy atom. The number of alkyl halides is 2. The first-order valence-corrected chi connectivity index (χ1v) is 10.7. The second kappa shape index (κ2) is 10.0. The molecule has 0 spiro atoms. The van der Waals surface area contributed by atoms with E-state index in [9.17, 15) is 9.18 Å². The molecular weight excluding hydrogens is 520 g/mol. The molecule has 0 aliphatic heterocycles. The third-order valence-electron chi connectivity index (χ3n) is 4.63. The summed E-state index contributed by atoms with van der Waals surface area (Å²) in [6, 6.07) is 14.5. The Balaban J connectivity index is 1.90. The molecule has 1 aromatic heterocycles. The monoisotopic (exact) mass is 537 g/mol. The zero-order valence-electron chi connectivity index (χ0n) is 16.1. The van der Waals surface area contributed by atoms with Crippen LogP contribution >= 0.6 is 34.2 Å². The fraction of sp³-hybridized carbons (Fsp3) is 0.227. The minimum Gasteiger partial charge on any atom is -0.497 e. The van der Waals surface area contributed by atoms with Crippen LogP contribution in [0.5, 0.6) is 5.75 Å². The maximum atomic E-state index is 14.1. The van der Waals surface area contributed by atoms with Crippen molar-refractivity contribution in [3.05, 3.63) is 92.1 Å². The largest absolute Gasteiger partial charge is 0.497 e. The van der Waals surface area contributed by atoms with Crippen LogP contribution in [0.15, 0.2) is 53.6 Å². The summed E-state index contributed by atoms with van der Waals surface area (Å²) < 4.78 is 19.4. The number of halogens is 3. The van der Waals surface area contributed by atoms with Crippen molar-refractivity contribution in [2.24, 2.45) is 0 Å². The molecule has 30 heavy (non-hydrogen) atoms. The summed E-state index contributed by atoms with van der Waals surface area (Å²) in [7, 11) is 1.59. The summed E-state index contributed by atoms with van der Waals surface area (Å²) in [6.45, 7) is 0.317. The van der Waals surface area contributed by atoms with Crippen LogP contribution in [0.4, 0.5) is 4.39 Å². The van der Waals surface area contributed by atoms with Gasteiger partial charge in [0.1, 0.15) is 5.75 Å². The molecule has 0 aliphatic carbocycles. The van der Waals surface area contributed by atoms with Crippen LogP contribution in [-0.4, -0.2) is 16.7 Å². The van der Waals surface area contributed by atoms with E-state index in [0.717, 1.165) is 16.9 Å². The lowest BCUT2D eigenvalue weighted by molar-refractivity contribution is 0.414. The van der Waals surface area contributed by atoms with E-state index >= 15 is 0 Å². The van der Waals surface area contributed by atoms with E-state index in [4.69, 9.17) is 21.6 Å². The van der Waals surface area contributed by atoms with Crippen LogP contribution in [0, 0.1) is 11.3 Å². The minimum absolute atomic E-state index is 0.133. The standard InChI is InChI=1S/C22H18ClFIN3O2/c1-30-18-5-2-14(3-6-18)12-28-13-27-20(21(24)25)19(22(28)29)7-4-15-8-16(11-26)10-17(23)9-15/h2-3,5-6,8-10,13,21H,4,7,12H2,1H3. The van der Waals surface area contributed by atoms with Crippen molar-refractivity contribution in [3.8, 4) is 11.8 Å². The first kappa shape index (κ1) is 22.2. The molecule has 5 nitrogen and oxygen atoms in total. The van der Waals surface area contributed by atoms with Gasteiger partial charge in [-0.05, 0) is 76.9 Å². The zero-order valence-corrected chi connectivity index (χ0v) is 19.0. The van der Waals surface area contributed by atoms with Crippen LogP contribution in [-0.2, 0) is 19.4 Å². The first-order chi connectivity index (χ1) is 14.4. The average molecular weight is 538 g/mol. The van der Waals surface area contributed by atoms with Crippen molar-refractivity contribution in [2.75, 3.05) is 7.11 Å². The maximum Gasteiger partial charge on any atom is 0.257 e. The third kappa shape index (κ3) is 5.37. The van der Waals surface area contributed by atoms with Crippen molar-refractivity contribution in [3.63, 3.8) is 0 Å². The summed E-state index contributed by atoms with van der Waals surface area (Å²) in [5, 5.41) is 9.56. The Kier molecular flexibility index (Phi) is 7.45. The van der Waals surface area contributed by atoms with Crippen LogP contribution < -0.4 is 10.3 Å². The van der Waals surface area contributed by atoms with Crippen molar-refractivity contribution < 1.29 is 9.13 Å². The SMILES string of the molecule is COc1ccc(Cn2cnc(C(F)I)c(CCc3cc(Cl)cc(C#N)c3)c2=O)cc1. The van der Waals surface area contributed by atoms with E-state index in [1.54, 1.807) is 47.9 Å². The van der Waals surface area contributed by atoms with Gasteiger partial charge in [0.05, 0.1) is 37.3 Å². The molecular formula is C22H18ClFIN3O2. The number of methoxy groups -OCH3 is 1. The molecule has 1 atom stereocenters. The molecule has 0 fully saturated rings. The molecule has 0 saturated heterocycles. The van der Waals surface area contributed by atoms with Gasteiger partial charge in [0.2, 0.25) is 0 Å². The Labute approximate surface area is 192 Å². The molecule has 0 amide bonds. The molecule has 0 saturated carbocycles. The number of hydrogen-bond donors (Lipinski definition) is 0. The summed E-state index contributed by atoms with van der Waals surface area (Å²) in [5.41, 5.74) is 2.33. The Hall–Kier alpha value is -2.44. The highest BCUT2D eigenvalue weighted by Gasteiger charge is 2.18. The first-order valence-electron chi connectivity index (χ1n) is 9.10. The molecule has 3 rings (SSSR count). The fourth-order valence-corrected chi connectivity index (χ4v) is 3.93. The van der Waals surface area contributed by atoms with Crippen LogP contribution in [0.2, 0.25) is 5.02 Å². The van der Waals surface area contributed by atoms with E-state index in [1.807, 2.05) is 24.3 Å². The number of nitrogens with zero attached hydrogens (tertiary/aromatic N) is 3. The summed E-state index contributed by atoms with van der Waals surface area (Å²) >= 11 is 7.67.